The Labute approximate surface area is 168 Å². The average molecular weight is 395 g/mol. The van der Waals surface area contributed by atoms with Crippen LogP contribution in [0, 0.1) is 6.92 Å². The van der Waals surface area contributed by atoms with Crippen molar-refractivity contribution in [3.05, 3.63) is 45.4 Å². The van der Waals surface area contributed by atoms with Crippen molar-refractivity contribution in [3.63, 3.8) is 0 Å². The van der Waals surface area contributed by atoms with Gasteiger partial charge in [0.25, 0.3) is 0 Å². The zero-order valence-corrected chi connectivity index (χ0v) is 20.0. The van der Waals surface area contributed by atoms with Gasteiger partial charge in [-0.25, -0.2) is 0 Å². The van der Waals surface area contributed by atoms with Crippen LogP contribution in [0.3, 0.4) is 0 Å². The fraction of sp³-hybridized carbons (Fsp3) is 0.591. The number of aryl methyl sites for hydroxylation is 1. The van der Waals surface area contributed by atoms with Gasteiger partial charge in [-0.3, -0.25) is 0 Å². The second-order valence-electron chi connectivity index (χ2n) is 9.20. The molecule has 0 saturated heterocycles. The van der Waals surface area contributed by atoms with Crippen molar-refractivity contribution in [3.8, 4) is 0 Å². The number of thioether (sulfide) groups is 3. The third-order valence-electron chi connectivity index (χ3n) is 2.81. The lowest BCUT2D eigenvalue weighted by Gasteiger charge is -2.24. The van der Waals surface area contributed by atoms with E-state index in [1.165, 1.54) is 20.3 Å². The average Bonchev–Trinajstić information content (AvgIpc) is 2.32. The van der Waals surface area contributed by atoms with Crippen molar-refractivity contribution in [2.75, 3.05) is 0 Å². The summed E-state index contributed by atoms with van der Waals surface area (Å²) in [6.07, 6.45) is 0. The van der Waals surface area contributed by atoms with Crippen molar-refractivity contribution < 1.29 is 0 Å². The van der Waals surface area contributed by atoms with Crippen LogP contribution < -0.4 is 0 Å². The molecule has 25 heavy (non-hydrogen) atoms. The number of benzene rings is 1. The molecule has 1 aromatic rings. The van der Waals surface area contributed by atoms with Gasteiger partial charge in [-0.05, 0) is 18.1 Å². The highest BCUT2D eigenvalue weighted by atomic mass is 32.2. The zero-order chi connectivity index (χ0) is 19.5. The summed E-state index contributed by atoms with van der Waals surface area (Å²) < 4.78 is 1.76. The molecule has 140 valence electrons. The molecule has 0 aliphatic rings. The lowest BCUT2D eigenvalue weighted by molar-refractivity contribution is 0.803. The molecule has 0 radical (unpaired) electrons. The third kappa shape index (κ3) is 9.89. The van der Waals surface area contributed by atoms with Crippen LogP contribution >= 0.6 is 35.3 Å². The largest absolute Gasteiger partial charge is 0.111 e. The highest BCUT2D eigenvalue weighted by Gasteiger charge is 2.22. The molecule has 0 aliphatic carbocycles. The van der Waals surface area contributed by atoms with Crippen LogP contribution in [-0.2, 0) is 0 Å². The van der Waals surface area contributed by atoms with Gasteiger partial charge in [0.2, 0.25) is 0 Å². The Morgan fingerprint density at radius 2 is 1.16 bits per heavy atom. The van der Waals surface area contributed by atoms with Gasteiger partial charge < -0.3 is 0 Å². The van der Waals surface area contributed by atoms with E-state index in [9.17, 15) is 0 Å². The van der Waals surface area contributed by atoms with E-state index in [0.717, 1.165) is 0 Å². The summed E-state index contributed by atoms with van der Waals surface area (Å²) in [6.45, 7) is 22.6. The van der Waals surface area contributed by atoms with Crippen LogP contribution in [0.1, 0.15) is 73.4 Å². The Bertz CT molecular complexity index is 625. The summed E-state index contributed by atoms with van der Waals surface area (Å²) in [5, 5.41) is 0. The van der Waals surface area contributed by atoms with Gasteiger partial charge >= 0.3 is 0 Å². The maximum absolute atomic E-state index is 3.80. The van der Waals surface area contributed by atoms with E-state index in [0.29, 0.717) is 0 Å². The van der Waals surface area contributed by atoms with E-state index in [1.54, 1.807) is 0 Å². The molecular formula is C22H34S3. The maximum atomic E-state index is 3.80. The normalized spacial score (nSPS) is 12.7. The first-order chi connectivity index (χ1) is 11.2. The summed E-state index contributed by atoms with van der Waals surface area (Å²) >= 11 is 5.74. The predicted molar refractivity (Wildman–Crippen MR) is 124 cm³/mol. The number of hydrogen-bond acceptors (Lipinski definition) is 3. The molecule has 0 amide bonds. The lowest BCUT2D eigenvalue weighted by atomic mass is 10.1. The van der Waals surface area contributed by atoms with Crippen LogP contribution in [0.4, 0.5) is 0 Å². The lowest BCUT2D eigenvalue weighted by Crippen LogP contribution is -2.11. The van der Waals surface area contributed by atoms with Crippen molar-refractivity contribution >= 4 is 40.2 Å². The monoisotopic (exact) mass is 394 g/mol. The van der Waals surface area contributed by atoms with Crippen LogP contribution in [0.25, 0.3) is 4.91 Å². The Morgan fingerprint density at radius 1 is 0.720 bits per heavy atom. The van der Waals surface area contributed by atoms with Gasteiger partial charge in [-0.15, -0.1) is 35.3 Å². The van der Waals surface area contributed by atoms with Crippen LogP contribution in [0.5, 0.6) is 0 Å². The molecule has 0 unspecified atom stereocenters. The smallest absolute Gasteiger partial charge is 0.0847 e. The third-order valence-corrected chi connectivity index (χ3v) is 6.25. The molecule has 0 nitrogen and oxygen atoms in total. The van der Waals surface area contributed by atoms with Crippen molar-refractivity contribution in [2.24, 2.45) is 0 Å². The second kappa shape index (κ2) is 8.65. The van der Waals surface area contributed by atoms with Gasteiger partial charge in [-0.1, -0.05) is 92.3 Å². The maximum Gasteiger partial charge on any atom is 0.0847 e. The van der Waals surface area contributed by atoms with Crippen LogP contribution in [-0.4, -0.2) is 14.2 Å². The molecule has 0 spiro atoms. The molecule has 0 fully saturated rings. The van der Waals surface area contributed by atoms with Crippen LogP contribution in [0.15, 0.2) is 34.2 Å². The molecule has 1 rings (SSSR count). The highest BCUT2D eigenvalue weighted by Crippen LogP contribution is 2.45. The molecule has 0 saturated carbocycles. The minimum Gasteiger partial charge on any atom is -0.111 e. The Kier molecular flexibility index (Phi) is 7.90. The summed E-state index contributed by atoms with van der Waals surface area (Å²) in [7, 11) is 0. The summed E-state index contributed by atoms with van der Waals surface area (Å²) in [4.78, 5) is 1.24. The first-order valence-corrected chi connectivity index (χ1v) is 11.3. The Hall–Kier alpha value is -0.210. The summed E-state index contributed by atoms with van der Waals surface area (Å²) in [5.74, 6) is 0. The van der Waals surface area contributed by atoms with Crippen molar-refractivity contribution in [2.45, 2.75) is 83.5 Å². The molecule has 0 atom stereocenters. The van der Waals surface area contributed by atoms with Gasteiger partial charge in [0.15, 0.2) is 0 Å². The fourth-order valence-electron chi connectivity index (χ4n) is 2.00. The van der Waals surface area contributed by atoms with E-state index in [2.05, 4.69) is 99.2 Å². The molecule has 0 N–H and O–H groups in total. The van der Waals surface area contributed by atoms with E-state index < -0.39 is 0 Å². The minimum absolute atomic E-state index is 0.147. The molecule has 3 heteroatoms. The van der Waals surface area contributed by atoms with Gasteiger partial charge in [0.05, 0.1) is 9.14 Å². The number of rotatable bonds is 4. The SMILES string of the molecule is Cc1ccccc1C(=C=C(SC(C)(C)C)SC(C)(C)C)SC(C)(C)C. The van der Waals surface area contributed by atoms with E-state index in [4.69, 9.17) is 0 Å². The molecular weight excluding hydrogens is 360 g/mol. The Balaban J connectivity index is 3.57. The van der Waals surface area contributed by atoms with E-state index >= 15 is 0 Å². The zero-order valence-electron chi connectivity index (χ0n) is 17.5. The quantitative estimate of drug-likeness (QED) is 0.471. The Morgan fingerprint density at radius 3 is 1.56 bits per heavy atom. The molecule has 0 aliphatic heterocycles. The molecule has 0 bridgehead atoms. The first-order valence-electron chi connectivity index (χ1n) is 8.80. The molecule has 1 aromatic carbocycles. The molecule has 0 heterocycles. The summed E-state index contributed by atoms with van der Waals surface area (Å²) in [5.41, 5.74) is 6.41. The van der Waals surface area contributed by atoms with Crippen LogP contribution in [0.2, 0.25) is 0 Å². The van der Waals surface area contributed by atoms with Crippen molar-refractivity contribution in [1.29, 1.82) is 0 Å². The minimum atomic E-state index is 0.147. The standard InChI is InChI=1S/C22H34S3/c1-16-13-11-12-14-17(16)18(23-20(2,3)4)15-19(24-21(5,6)7)25-22(8,9)10/h11-14H,1-10H3. The topological polar surface area (TPSA) is 0 Å². The second-order valence-corrected chi connectivity index (χ2v) is 15.0. The first kappa shape index (κ1) is 22.8. The number of hydrogen-bond donors (Lipinski definition) is 0. The van der Waals surface area contributed by atoms with Gasteiger partial charge in [-0.2, -0.15) is 0 Å². The highest BCUT2D eigenvalue weighted by molar-refractivity contribution is 8.23. The van der Waals surface area contributed by atoms with E-state index in [1.807, 2.05) is 35.3 Å². The fourth-order valence-corrected chi connectivity index (χ4v) is 6.32. The van der Waals surface area contributed by atoms with Gasteiger partial charge in [0, 0.05) is 14.2 Å². The predicted octanol–water partition coefficient (Wildman–Crippen LogP) is 8.37. The van der Waals surface area contributed by atoms with Gasteiger partial charge in [0.1, 0.15) is 0 Å². The summed E-state index contributed by atoms with van der Waals surface area (Å²) in [6, 6.07) is 8.64. The molecule has 0 aromatic heterocycles. The van der Waals surface area contributed by atoms with E-state index in [-0.39, 0.29) is 14.2 Å². The van der Waals surface area contributed by atoms with Crippen molar-refractivity contribution in [1.82, 2.24) is 0 Å².